The highest BCUT2D eigenvalue weighted by molar-refractivity contribution is 5.25. The van der Waals surface area contributed by atoms with Crippen molar-refractivity contribution in [3.05, 3.63) is 53.2 Å². The van der Waals surface area contributed by atoms with E-state index in [0.717, 1.165) is 0 Å². The summed E-state index contributed by atoms with van der Waals surface area (Å²) in [4.78, 5) is 15.2. The van der Waals surface area contributed by atoms with Crippen LogP contribution in [0.5, 0.6) is 0 Å². The van der Waals surface area contributed by atoms with Crippen molar-refractivity contribution in [3.8, 4) is 5.69 Å². The van der Waals surface area contributed by atoms with Gasteiger partial charge in [-0.05, 0) is 18.2 Å². The maximum Gasteiger partial charge on any atom is 0.271 e. The third-order valence-corrected chi connectivity index (χ3v) is 1.61. The lowest BCUT2D eigenvalue weighted by Gasteiger charge is -2.00. The highest BCUT2D eigenvalue weighted by atomic mass is 16.1. The van der Waals surface area contributed by atoms with Crippen LogP contribution in [0.3, 0.4) is 0 Å². The van der Waals surface area contributed by atoms with Crippen LogP contribution in [-0.4, -0.2) is 14.8 Å². The second-order valence-corrected chi connectivity index (χ2v) is 2.48. The number of hydrogen-bond acceptors (Lipinski definition) is 3. The first-order valence-corrected chi connectivity index (χ1v) is 3.83. The molecule has 0 amide bonds. The highest BCUT2D eigenvalue weighted by Crippen LogP contribution is 1.97. The molecule has 0 aliphatic carbocycles. The molecule has 2 rings (SSSR count). The molecule has 2 aromatic heterocycles. The fourth-order valence-electron chi connectivity index (χ4n) is 1.03. The van der Waals surface area contributed by atoms with Gasteiger partial charge in [0.2, 0.25) is 0 Å². The molecule has 0 radical (unpaired) electrons. The maximum absolute atomic E-state index is 11.3. The van der Waals surface area contributed by atoms with E-state index in [9.17, 15) is 4.79 Å². The van der Waals surface area contributed by atoms with Crippen molar-refractivity contribution in [1.29, 1.82) is 0 Å². The summed E-state index contributed by atoms with van der Waals surface area (Å²) in [6, 6.07) is 6.60. The molecule has 2 heterocycles. The molecule has 0 saturated heterocycles. The van der Waals surface area contributed by atoms with Gasteiger partial charge in [0, 0.05) is 18.5 Å². The van der Waals surface area contributed by atoms with Gasteiger partial charge in [-0.1, -0.05) is 0 Å². The third kappa shape index (κ3) is 1.46. The minimum atomic E-state index is -0.157. The molecule has 4 heteroatoms. The third-order valence-electron chi connectivity index (χ3n) is 1.61. The summed E-state index contributed by atoms with van der Waals surface area (Å²) >= 11 is 0. The molecule has 0 N–H and O–H groups in total. The van der Waals surface area contributed by atoms with Gasteiger partial charge in [-0.2, -0.15) is 9.78 Å². The molecule has 0 aromatic carbocycles. The van der Waals surface area contributed by atoms with Gasteiger partial charge in [-0.3, -0.25) is 9.78 Å². The summed E-state index contributed by atoms with van der Waals surface area (Å²) in [5.74, 6) is 0. The van der Waals surface area contributed by atoms with E-state index < -0.39 is 0 Å². The van der Waals surface area contributed by atoms with Crippen molar-refractivity contribution in [2.24, 2.45) is 0 Å². The Morgan fingerprint density at radius 2 is 2.00 bits per heavy atom. The first-order valence-electron chi connectivity index (χ1n) is 3.83. The average molecular weight is 173 g/mol. The zero-order valence-corrected chi connectivity index (χ0v) is 6.79. The van der Waals surface area contributed by atoms with Crippen LogP contribution in [0, 0.1) is 0 Å². The Balaban J connectivity index is 2.60. The van der Waals surface area contributed by atoms with Crippen molar-refractivity contribution in [2.45, 2.75) is 0 Å². The maximum atomic E-state index is 11.3. The Morgan fingerprint density at radius 3 is 2.69 bits per heavy atom. The highest BCUT2D eigenvalue weighted by Gasteiger charge is 1.96. The molecule has 4 nitrogen and oxygen atoms in total. The zero-order chi connectivity index (χ0) is 9.10. The molecule has 0 bridgehead atoms. The molecular weight excluding hydrogens is 166 g/mol. The van der Waals surface area contributed by atoms with Crippen molar-refractivity contribution in [2.75, 3.05) is 0 Å². The second-order valence-electron chi connectivity index (χ2n) is 2.48. The largest absolute Gasteiger partial charge is 0.271 e. The predicted octanol–water partition coefficient (Wildman–Crippen LogP) is 0.627. The summed E-state index contributed by atoms with van der Waals surface area (Å²) in [5, 5.41) is 3.91. The first-order chi connectivity index (χ1) is 6.38. The fourth-order valence-corrected chi connectivity index (χ4v) is 1.03. The Labute approximate surface area is 74.5 Å². The first kappa shape index (κ1) is 7.67. The summed E-state index contributed by atoms with van der Waals surface area (Å²) < 4.78 is 1.30. The van der Waals surface area contributed by atoms with Crippen LogP contribution in [0.15, 0.2) is 47.7 Å². The van der Waals surface area contributed by atoms with Crippen LogP contribution in [0.1, 0.15) is 0 Å². The van der Waals surface area contributed by atoms with Crippen molar-refractivity contribution in [1.82, 2.24) is 14.8 Å². The van der Waals surface area contributed by atoms with Gasteiger partial charge in [0.15, 0.2) is 0 Å². The molecular formula is C9H7N3O. The quantitative estimate of drug-likeness (QED) is 0.635. The van der Waals surface area contributed by atoms with Crippen molar-refractivity contribution in [3.63, 3.8) is 0 Å². The van der Waals surface area contributed by atoms with Gasteiger partial charge in [-0.25, -0.2) is 0 Å². The molecule has 0 spiro atoms. The fraction of sp³-hybridized carbons (Fsp3) is 0. The van der Waals surface area contributed by atoms with Gasteiger partial charge in [0.1, 0.15) is 0 Å². The Bertz CT molecular complexity index is 450. The van der Waals surface area contributed by atoms with Crippen molar-refractivity contribution >= 4 is 0 Å². The molecule has 0 fully saturated rings. The topological polar surface area (TPSA) is 47.8 Å². The van der Waals surface area contributed by atoms with E-state index in [2.05, 4.69) is 10.1 Å². The molecule has 0 saturated carbocycles. The minimum absolute atomic E-state index is 0.157. The second kappa shape index (κ2) is 3.18. The average Bonchev–Trinajstić information content (AvgIpc) is 2.20. The van der Waals surface area contributed by atoms with Gasteiger partial charge in [-0.15, -0.1) is 0 Å². The standard InChI is InChI=1S/C9H7N3O/c13-9-4-2-6-11-12(9)8-3-1-5-10-7-8/h1-7H. The Hall–Kier alpha value is -1.97. The van der Waals surface area contributed by atoms with Crippen LogP contribution in [-0.2, 0) is 0 Å². The smallest absolute Gasteiger partial charge is 0.267 e. The van der Waals surface area contributed by atoms with Crippen LogP contribution in [0.25, 0.3) is 5.69 Å². The van der Waals surface area contributed by atoms with Crippen LogP contribution < -0.4 is 5.56 Å². The molecule has 0 aliphatic heterocycles. The number of nitrogens with zero attached hydrogens (tertiary/aromatic N) is 3. The molecule has 2 aromatic rings. The van der Waals surface area contributed by atoms with E-state index in [0.29, 0.717) is 5.69 Å². The van der Waals surface area contributed by atoms with Crippen LogP contribution >= 0.6 is 0 Å². The number of aromatic nitrogens is 3. The Kier molecular flexibility index (Phi) is 1.88. The van der Waals surface area contributed by atoms with E-state index in [4.69, 9.17) is 0 Å². The monoisotopic (exact) mass is 173 g/mol. The predicted molar refractivity (Wildman–Crippen MR) is 47.6 cm³/mol. The molecule has 13 heavy (non-hydrogen) atoms. The van der Waals surface area contributed by atoms with Gasteiger partial charge in [0.25, 0.3) is 5.56 Å². The molecule has 0 aliphatic rings. The lowest BCUT2D eigenvalue weighted by molar-refractivity contribution is 0.802. The van der Waals surface area contributed by atoms with Gasteiger partial charge in [0.05, 0.1) is 11.9 Å². The normalized spacial score (nSPS) is 9.85. The molecule has 0 atom stereocenters. The minimum Gasteiger partial charge on any atom is -0.267 e. The number of rotatable bonds is 1. The zero-order valence-electron chi connectivity index (χ0n) is 6.79. The van der Waals surface area contributed by atoms with E-state index in [1.165, 1.54) is 10.7 Å². The molecule has 64 valence electrons. The summed E-state index contributed by atoms with van der Waals surface area (Å²) in [6.45, 7) is 0. The lowest BCUT2D eigenvalue weighted by atomic mass is 10.4. The van der Waals surface area contributed by atoms with Crippen molar-refractivity contribution < 1.29 is 0 Å². The SMILES string of the molecule is O=c1cccnn1-c1cccnc1. The number of hydrogen-bond donors (Lipinski definition) is 0. The lowest BCUT2D eigenvalue weighted by Crippen LogP contribution is -2.18. The Morgan fingerprint density at radius 1 is 1.15 bits per heavy atom. The molecule has 0 unspecified atom stereocenters. The van der Waals surface area contributed by atoms with Crippen LogP contribution in [0.2, 0.25) is 0 Å². The summed E-state index contributed by atoms with van der Waals surface area (Å²) in [7, 11) is 0. The number of pyridine rings is 1. The summed E-state index contributed by atoms with van der Waals surface area (Å²) in [5.41, 5.74) is 0.517. The van der Waals surface area contributed by atoms with Crippen LogP contribution in [0.4, 0.5) is 0 Å². The van der Waals surface area contributed by atoms with E-state index in [-0.39, 0.29) is 5.56 Å². The van der Waals surface area contributed by atoms with E-state index in [1.54, 1.807) is 36.8 Å². The van der Waals surface area contributed by atoms with E-state index >= 15 is 0 Å². The van der Waals surface area contributed by atoms with E-state index in [1.807, 2.05) is 0 Å². The van der Waals surface area contributed by atoms with Gasteiger partial charge < -0.3 is 0 Å². The van der Waals surface area contributed by atoms with Gasteiger partial charge >= 0.3 is 0 Å². The summed E-state index contributed by atoms with van der Waals surface area (Å²) in [6.07, 6.45) is 4.81.